The Balaban J connectivity index is 2.83. The maximum absolute atomic E-state index is 12.6. The lowest BCUT2D eigenvalue weighted by atomic mass is 9.90. The number of carbonyl (C=O) groups excluding carboxylic acids is 1. The van der Waals surface area contributed by atoms with Crippen LogP contribution in [-0.2, 0) is 9.53 Å². The van der Waals surface area contributed by atoms with Gasteiger partial charge in [0.2, 0.25) is 0 Å². The van der Waals surface area contributed by atoms with Gasteiger partial charge < -0.3 is 9.84 Å². The van der Waals surface area contributed by atoms with Gasteiger partial charge in [-0.25, -0.2) is 9.59 Å². The number of amides is 1. The summed E-state index contributed by atoms with van der Waals surface area (Å²) in [4.78, 5) is 23.8. The molecule has 1 rings (SSSR count). The number of nitrogens with zero attached hydrogens (tertiary/aromatic N) is 1. The topological polar surface area (TPSA) is 66.8 Å². The van der Waals surface area contributed by atoms with Gasteiger partial charge in [-0.1, -0.05) is 0 Å². The summed E-state index contributed by atoms with van der Waals surface area (Å²) in [7, 11) is 0. The Bertz CT molecular complexity index is 389. The van der Waals surface area contributed by atoms with Gasteiger partial charge in [0.05, 0.1) is 5.92 Å². The number of aliphatic carboxylic acids is 1. The van der Waals surface area contributed by atoms with Crippen LogP contribution in [0.2, 0.25) is 0 Å². The molecule has 0 radical (unpaired) electrons. The maximum atomic E-state index is 12.6. The number of hydrogen-bond acceptors (Lipinski definition) is 3. The summed E-state index contributed by atoms with van der Waals surface area (Å²) in [5.74, 6) is -3.16. The number of ether oxygens (including phenoxy) is 1. The minimum atomic E-state index is -4.45. The summed E-state index contributed by atoms with van der Waals surface area (Å²) >= 11 is 0. The third kappa shape index (κ3) is 4.28. The van der Waals surface area contributed by atoms with Gasteiger partial charge in [0.1, 0.15) is 11.6 Å². The second-order valence-electron chi connectivity index (χ2n) is 5.79. The Morgan fingerprint density at radius 3 is 2.20 bits per heavy atom. The summed E-state index contributed by atoms with van der Waals surface area (Å²) in [6, 6.07) is -1.51. The second-order valence-corrected chi connectivity index (χ2v) is 5.79. The predicted molar refractivity (Wildman–Crippen MR) is 63.1 cm³/mol. The molecule has 2 unspecified atom stereocenters. The van der Waals surface area contributed by atoms with E-state index in [4.69, 9.17) is 9.84 Å². The lowest BCUT2D eigenvalue weighted by molar-refractivity contribution is -0.191. The molecule has 116 valence electrons. The highest BCUT2D eigenvalue weighted by atomic mass is 19.4. The summed E-state index contributed by atoms with van der Waals surface area (Å²) in [6.45, 7) is 4.52. The van der Waals surface area contributed by atoms with Crippen LogP contribution in [-0.4, -0.2) is 46.4 Å². The molecule has 0 aromatic rings. The molecule has 20 heavy (non-hydrogen) atoms. The van der Waals surface area contributed by atoms with E-state index in [1.165, 1.54) is 0 Å². The van der Waals surface area contributed by atoms with Gasteiger partial charge in [-0.05, 0) is 33.6 Å². The van der Waals surface area contributed by atoms with E-state index >= 15 is 0 Å². The number of rotatable bonds is 1. The molecule has 5 nitrogen and oxygen atoms in total. The minimum absolute atomic E-state index is 0.282. The Morgan fingerprint density at radius 1 is 1.25 bits per heavy atom. The number of piperidine rings is 1. The van der Waals surface area contributed by atoms with Gasteiger partial charge in [-0.15, -0.1) is 0 Å². The molecular formula is C12H18F3NO4. The molecule has 8 heteroatoms. The fourth-order valence-electron chi connectivity index (χ4n) is 2.04. The molecule has 0 aliphatic carbocycles. The van der Waals surface area contributed by atoms with E-state index in [1.54, 1.807) is 20.8 Å². The molecule has 0 saturated carbocycles. The van der Waals surface area contributed by atoms with Gasteiger partial charge in [0, 0.05) is 6.54 Å². The van der Waals surface area contributed by atoms with Gasteiger partial charge in [-0.2, -0.15) is 13.2 Å². The first-order chi connectivity index (χ1) is 8.92. The van der Waals surface area contributed by atoms with Crippen LogP contribution in [0.1, 0.15) is 33.6 Å². The largest absolute Gasteiger partial charge is 0.480 e. The SMILES string of the molecule is CC(C)(C)OC(=O)N1CCC(C(F)(F)F)CC1C(=O)O. The Kier molecular flexibility index (Phi) is 4.55. The van der Waals surface area contributed by atoms with E-state index in [2.05, 4.69) is 0 Å². The number of halogens is 3. The molecular weight excluding hydrogens is 279 g/mol. The van der Waals surface area contributed by atoms with Gasteiger partial charge in [0.25, 0.3) is 0 Å². The lowest BCUT2D eigenvalue weighted by Crippen LogP contribution is -2.53. The quantitative estimate of drug-likeness (QED) is 0.808. The zero-order chi connectivity index (χ0) is 15.7. The van der Waals surface area contributed by atoms with Crippen LogP contribution in [0.15, 0.2) is 0 Å². The van der Waals surface area contributed by atoms with Crippen LogP contribution in [0.5, 0.6) is 0 Å². The fourth-order valence-corrected chi connectivity index (χ4v) is 2.04. The van der Waals surface area contributed by atoms with Crippen molar-refractivity contribution in [2.24, 2.45) is 5.92 Å². The average molecular weight is 297 g/mol. The van der Waals surface area contributed by atoms with Crippen molar-refractivity contribution >= 4 is 12.1 Å². The highest BCUT2D eigenvalue weighted by molar-refractivity contribution is 5.80. The van der Waals surface area contributed by atoms with Crippen molar-refractivity contribution in [1.29, 1.82) is 0 Å². The smallest absolute Gasteiger partial charge is 0.411 e. The first kappa shape index (κ1) is 16.6. The second kappa shape index (κ2) is 5.49. The van der Waals surface area contributed by atoms with Crippen LogP contribution in [0, 0.1) is 5.92 Å². The zero-order valence-electron chi connectivity index (χ0n) is 11.5. The number of carboxylic acids is 1. The summed E-state index contributed by atoms with van der Waals surface area (Å²) in [6.07, 6.45) is -6.30. The summed E-state index contributed by atoms with van der Waals surface area (Å²) in [5, 5.41) is 9.02. The van der Waals surface area contributed by atoms with Crippen molar-refractivity contribution in [3.05, 3.63) is 0 Å². The third-order valence-electron chi connectivity index (χ3n) is 2.98. The Labute approximate surface area is 114 Å². The first-order valence-corrected chi connectivity index (χ1v) is 6.21. The Hall–Kier alpha value is -1.47. The van der Waals surface area contributed by atoms with Crippen molar-refractivity contribution in [1.82, 2.24) is 4.90 Å². The highest BCUT2D eigenvalue weighted by Gasteiger charge is 2.48. The van der Waals surface area contributed by atoms with Crippen molar-refractivity contribution in [2.75, 3.05) is 6.54 Å². The molecule has 1 aliphatic heterocycles. The number of carboxylic acid groups (broad SMARTS) is 1. The minimum Gasteiger partial charge on any atom is -0.480 e. The van der Waals surface area contributed by atoms with E-state index in [-0.39, 0.29) is 13.0 Å². The van der Waals surface area contributed by atoms with E-state index in [1.807, 2.05) is 0 Å². The van der Waals surface area contributed by atoms with E-state index in [0.717, 1.165) is 4.90 Å². The van der Waals surface area contributed by atoms with Crippen LogP contribution in [0.25, 0.3) is 0 Å². The molecule has 0 aromatic heterocycles. The van der Waals surface area contributed by atoms with Crippen LogP contribution in [0.3, 0.4) is 0 Å². The van der Waals surface area contributed by atoms with Crippen molar-refractivity contribution < 1.29 is 32.6 Å². The number of carbonyl (C=O) groups is 2. The molecule has 1 fully saturated rings. The number of hydrogen-bond donors (Lipinski definition) is 1. The predicted octanol–water partition coefficient (Wildman–Crippen LogP) is 2.65. The molecule has 1 aliphatic rings. The van der Waals surface area contributed by atoms with E-state index in [9.17, 15) is 22.8 Å². The van der Waals surface area contributed by atoms with E-state index < -0.39 is 42.2 Å². The lowest BCUT2D eigenvalue weighted by Gasteiger charge is -2.38. The first-order valence-electron chi connectivity index (χ1n) is 6.21. The van der Waals surface area contributed by atoms with Crippen LogP contribution in [0.4, 0.5) is 18.0 Å². The molecule has 1 N–H and O–H groups in total. The van der Waals surface area contributed by atoms with Crippen LogP contribution >= 0.6 is 0 Å². The number of alkyl halides is 3. The van der Waals surface area contributed by atoms with Crippen molar-refractivity contribution in [3.63, 3.8) is 0 Å². The van der Waals surface area contributed by atoms with Gasteiger partial charge in [-0.3, -0.25) is 4.90 Å². The maximum Gasteiger partial charge on any atom is 0.411 e. The molecule has 0 bridgehead atoms. The molecule has 1 amide bonds. The van der Waals surface area contributed by atoms with Crippen molar-refractivity contribution in [2.45, 2.75) is 51.4 Å². The monoisotopic (exact) mass is 297 g/mol. The summed E-state index contributed by atoms with van der Waals surface area (Å²) in [5.41, 5.74) is -0.832. The van der Waals surface area contributed by atoms with Gasteiger partial charge in [0.15, 0.2) is 0 Å². The standard InChI is InChI=1S/C12H18F3NO4/c1-11(2,3)20-10(19)16-5-4-7(12(13,14)15)6-8(16)9(17)18/h7-8H,4-6H2,1-3H3,(H,17,18). The zero-order valence-corrected chi connectivity index (χ0v) is 11.5. The molecule has 2 atom stereocenters. The fraction of sp³-hybridized carbons (Fsp3) is 0.833. The average Bonchev–Trinajstić information content (AvgIpc) is 2.24. The normalized spacial score (nSPS) is 24.4. The van der Waals surface area contributed by atoms with Crippen molar-refractivity contribution in [3.8, 4) is 0 Å². The molecule has 0 spiro atoms. The highest BCUT2D eigenvalue weighted by Crippen LogP contribution is 2.37. The van der Waals surface area contributed by atoms with E-state index in [0.29, 0.717) is 0 Å². The molecule has 0 aromatic carbocycles. The van der Waals surface area contributed by atoms with Gasteiger partial charge >= 0.3 is 18.2 Å². The number of likely N-dealkylation sites (tertiary alicyclic amines) is 1. The summed E-state index contributed by atoms with van der Waals surface area (Å²) < 4.78 is 43.0. The van der Waals surface area contributed by atoms with Crippen LogP contribution < -0.4 is 0 Å². The molecule has 1 saturated heterocycles. The third-order valence-corrected chi connectivity index (χ3v) is 2.98. The molecule has 1 heterocycles. The Morgan fingerprint density at radius 2 is 1.80 bits per heavy atom.